The maximum atomic E-state index is 12.3. The number of rotatable bonds is 5. The number of ether oxygens (including phenoxy) is 1. The van der Waals surface area contributed by atoms with Crippen LogP contribution in [0.25, 0.3) is 0 Å². The van der Waals surface area contributed by atoms with E-state index in [9.17, 15) is 4.79 Å². The molecule has 1 rings (SSSR count). The molecule has 1 amide bonds. The molecule has 0 heterocycles. The summed E-state index contributed by atoms with van der Waals surface area (Å²) >= 11 is 0. The summed E-state index contributed by atoms with van der Waals surface area (Å²) in [7, 11) is 1.54. The van der Waals surface area contributed by atoms with Crippen molar-refractivity contribution in [1.82, 2.24) is 4.90 Å². The van der Waals surface area contributed by atoms with E-state index in [1.807, 2.05) is 13.0 Å². The van der Waals surface area contributed by atoms with Crippen molar-refractivity contribution in [1.29, 1.82) is 5.26 Å². The Bertz CT molecular complexity index is 451. The molecule has 0 aliphatic heterocycles. The van der Waals surface area contributed by atoms with Crippen LogP contribution in [0.3, 0.4) is 0 Å². The lowest BCUT2D eigenvalue weighted by Crippen LogP contribution is -2.34. The molecule has 4 nitrogen and oxygen atoms in total. The van der Waals surface area contributed by atoms with E-state index in [1.54, 1.807) is 37.1 Å². The highest BCUT2D eigenvalue weighted by atomic mass is 16.5. The predicted molar refractivity (Wildman–Crippen MR) is 69.3 cm³/mol. The van der Waals surface area contributed by atoms with Gasteiger partial charge in [-0.2, -0.15) is 5.26 Å². The molecule has 18 heavy (non-hydrogen) atoms. The Morgan fingerprint density at radius 1 is 1.50 bits per heavy atom. The summed E-state index contributed by atoms with van der Waals surface area (Å²) in [5, 5.41) is 8.82. The van der Waals surface area contributed by atoms with Crippen LogP contribution in [0.4, 0.5) is 0 Å². The highest BCUT2D eigenvalue weighted by molar-refractivity contribution is 5.96. The summed E-state index contributed by atoms with van der Waals surface area (Å²) < 4.78 is 5.18. The van der Waals surface area contributed by atoms with Gasteiger partial charge >= 0.3 is 0 Å². The molecular formula is C14H18N2O2. The van der Waals surface area contributed by atoms with E-state index < -0.39 is 0 Å². The number of para-hydroxylation sites is 1. The molecule has 96 valence electrons. The van der Waals surface area contributed by atoms with E-state index in [2.05, 4.69) is 6.07 Å². The molecule has 1 aromatic carbocycles. The van der Waals surface area contributed by atoms with Crippen molar-refractivity contribution in [3.8, 4) is 11.8 Å². The Kier molecular flexibility index (Phi) is 5.19. The first-order chi connectivity index (χ1) is 8.63. The van der Waals surface area contributed by atoms with Gasteiger partial charge in [-0.25, -0.2) is 0 Å². The zero-order chi connectivity index (χ0) is 13.5. The molecule has 1 atom stereocenters. The van der Waals surface area contributed by atoms with Crippen LogP contribution in [-0.2, 0) is 0 Å². The molecule has 0 saturated carbocycles. The minimum atomic E-state index is -0.177. The largest absolute Gasteiger partial charge is 0.496 e. The Morgan fingerprint density at radius 3 is 2.72 bits per heavy atom. The van der Waals surface area contributed by atoms with Crippen molar-refractivity contribution in [2.75, 3.05) is 20.2 Å². The predicted octanol–water partition coefficient (Wildman–Crippen LogP) is 2.32. The number of amides is 1. The topological polar surface area (TPSA) is 53.3 Å². The molecule has 0 aromatic heterocycles. The van der Waals surface area contributed by atoms with Crippen LogP contribution in [-0.4, -0.2) is 31.0 Å². The first-order valence-electron chi connectivity index (χ1n) is 5.95. The fourth-order valence-electron chi connectivity index (χ4n) is 1.72. The zero-order valence-corrected chi connectivity index (χ0v) is 11.0. The minimum Gasteiger partial charge on any atom is -0.496 e. The van der Waals surface area contributed by atoms with Gasteiger partial charge < -0.3 is 9.64 Å². The Labute approximate surface area is 108 Å². The van der Waals surface area contributed by atoms with Gasteiger partial charge in [0, 0.05) is 13.1 Å². The quantitative estimate of drug-likeness (QED) is 0.801. The third-order valence-corrected chi connectivity index (χ3v) is 2.72. The summed E-state index contributed by atoms with van der Waals surface area (Å²) in [5.74, 6) is 0.284. The summed E-state index contributed by atoms with van der Waals surface area (Å²) in [6.45, 7) is 4.71. The smallest absolute Gasteiger partial charge is 0.257 e. The molecule has 0 fully saturated rings. The molecule has 4 heteroatoms. The van der Waals surface area contributed by atoms with Crippen LogP contribution >= 0.6 is 0 Å². The first-order valence-corrected chi connectivity index (χ1v) is 5.95. The number of nitrogens with zero attached hydrogens (tertiary/aromatic N) is 2. The van der Waals surface area contributed by atoms with Crippen LogP contribution in [0.5, 0.6) is 5.75 Å². The third-order valence-electron chi connectivity index (χ3n) is 2.72. The van der Waals surface area contributed by atoms with Crippen molar-refractivity contribution in [2.24, 2.45) is 5.92 Å². The second kappa shape index (κ2) is 6.65. The highest BCUT2D eigenvalue weighted by Crippen LogP contribution is 2.19. The lowest BCUT2D eigenvalue weighted by atomic mass is 10.1. The number of nitriles is 1. The lowest BCUT2D eigenvalue weighted by Gasteiger charge is -2.22. The van der Waals surface area contributed by atoms with Crippen LogP contribution in [0.2, 0.25) is 0 Å². The highest BCUT2D eigenvalue weighted by Gasteiger charge is 2.19. The van der Waals surface area contributed by atoms with E-state index >= 15 is 0 Å². The summed E-state index contributed by atoms with van der Waals surface area (Å²) in [4.78, 5) is 14.0. The van der Waals surface area contributed by atoms with Crippen LogP contribution in [0, 0.1) is 17.2 Å². The average Bonchev–Trinajstić information content (AvgIpc) is 2.43. The van der Waals surface area contributed by atoms with E-state index in [4.69, 9.17) is 10.00 Å². The van der Waals surface area contributed by atoms with Crippen LogP contribution in [0.15, 0.2) is 24.3 Å². The Hall–Kier alpha value is -2.02. The van der Waals surface area contributed by atoms with Gasteiger partial charge in [0.1, 0.15) is 5.75 Å². The second-order valence-corrected chi connectivity index (χ2v) is 4.07. The number of hydrogen-bond acceptors (Lipinski definition) is 3. The standard InChI is InChI=1S/C14H18N2O2/c1-4-16(10-11(2)9-15)14(17)12-7-5-6-8-13(12)18-3/h5-8,11H,4,10H2,1-3H3. The van der Waals surface area contributed by atoms with Crippen molar-refractivity contribution in [2.45, 2.75) is 13.8 Å². The zero-order valence-electron chi connectivity index (χ0n) is 11.0. The van der Waals surface area contributed by atoms with Crippen molar-refractivity contribution >= 4 is 5.91 Å². The molecule has 1 aromatic rings. The van der Waals surface area contributed by atoms with E-state index in [1.165, 1.54) is 0 Å². The van der Waals surface area contributed by atoms with Gasteiger partial charge in [0.25, 0.3) is 5.91 Å². The van der Waals surface area contributed by atoms with E-state index in [0.717, 1.165) is 0 Å². The SMILES string of the molecule is CCN(CC(C)C#N)C(=O)c1ccccc1OC. The van der Waals surface area contributed by atoms with Gasteiger partial charge in [-0.15, -0.1) is 0 Å². The van der Waals surface area contributed by atoms with Crippen molar-refractivity contribution < 1.29 is 9.53 Å². The van der Waals surface area contributed by atoms with Crippen LogP contribution < -0.4 is 4.74 Å². The van der Waals surface area contributed by atoms with Gasteiger partial charge in [-0.1, -0.05) is 12.1 Å². The first kappa shape index (κ1) is 14.0. The summed E-state index contributed by atoms with van der Waals surface area (Å²) in [6.07, 6.45) is 0. The number of hydrogen-bond donors (Lipinski definition) is 0. The normalized spacial score (nSPS) is 11.4. The number of methoxy groups -OCH3 is 1. The average molecular weight is 246 g/mol. The molecule has 0 spiro atoms. The third kappa shape index (κ3) is 3.24. The monoisotopic (exact) mass is 246 g/mol. The number of carbonyl (C=O) groups excluding carboxylic acids is 1. The summed E-state index contributed by atoms with van der Waals surface area (Å²) in [5.41, 5.74) is 0.534. The maximum Gasteiger partial charge on any atom is 0.257 e. The number of benzene rings is 1. The molecule has 0 bridgehead atoms. The molecule has 0 aliphatic rings. The van der Waals surface area contributed by atoms with Crippen LogP contribution in [0.1, 0.15) is 24.2 Å². The van der Waals surface area contributed by atoms with E-state index in [0.29, 0.717) is 24.4 Å². The molecule has 0 radical (unpaired) electrons. The molecule has 0 N–H and O–H groups in total. The van der Waals surface area contributed by atoms with E-state index in [-0.39, 0.29) is 11.8 Å². The van der Waals surface area contributed by atoms with Crippen molar-refractivity contribution in [3.63, 3.8) is 0 Å². The van der Waals surface area contributed by atoms with Gasteiger partial charge in [-0.05, 0) is 26.0 Å². The molecule has 0 saturated heterocycles. The van der Waals surface area contributed by atoms with Crippen molar-refractivity contribution in [3.05, 3.63) is 29.8 Å². The molecular weight excluding hydrogens is 228 g/mol. The molecule has 0 aliphatic carbocycles. The minimum absolute atomic E-state index is 0.1000. The fourth-order valence-corrected chi connectivity index (χ4v) is 1.72. The second-order valence-electron chi connectivity index (χ2n) is 4.07. The number of carbonyl (C=O) groups is 1. The maximum absolute atomic E-state index is 12.3. The summed E-state index contributed by atoms with van der Waals surface area (Å²) in [6, 6.07) is 9.26. The van der Waals surface area contributed by atoms with Gasteiger partial charge in [0.15, 0.2) is 0 Å². The lowest BCUT2D eigenvalue weighted by molar-refractivity contribution is 0.0749. The Balaban J connectivity index is 2.93. The van der Waals surface area contributed by atoms with Gasteiger partial charge in [-0.3, -0.25) is 4.79 Å². The van der Waals surface area contributed by atoms with Gasteiger partial charge in [0.05, 0.1) is 24.7 Å². The van der Waals surface area contributed by atoms with Gasteiger partial charge in [0.2, 0.25) is 0 Å². The Morgan fingerprint density at radius 2 is 2.17 bits per heavy atom. The molecule has 1 unspecified atom stereocenters. The fraction of sp³-hybridized carbons (Fsp3) is 0.429.